The summed E-state index contributed by atoms with van der Waals surface area (Å²) in [7, 11) is 0. The standard InChI is InChI=1S/C10H6F3N3O2/c11-10(12,13)7-3-5-16(15-7)8-6(9(17)18)2-1-4-14-8/h1-5H,(H,17,18). The average molecular weight is 257 g/mol. The molecule has 0 unspecified atom stereocenters. The summed E-state index contributed by atoms with van der Waals surface area (Å²) in [5.74, 6) is -1.46. The van der Waals surface area contributed by atoms with E-state index in [0.29, 0.717) is 0 Å². The van der Waals surface area contributed by atoms with Crippen molar-refractivity contribution in [1.82, 2.24) is 14.8 Å². The van der Waals surface area contributed by atoms with E-state index in [2.05, 4.69) is 10.1 Å². The monoisotopic (exact) mass is 257 g/mol. The topological polar surface area (TPSA) is 68.0 Å². The first-order chi connectivity index (χ1) is 8.39. The van der Waals surface area contributed by atoms with Crippen molar-refractivity contribution in [3.05, 3.63) is 41.9 Å². The van der Waals surface area contributed by atoms with E-state index in [1.807, 2.05) is 0 Å². The molecule has 0 spiro atoms. The van der Waals surface area contributed by atoms with Crippen LogP contribution in [0, 0.1) is 0 Å². The number of nitrogens with zero attached hydrogens (tertiary/aromatic N) is 3. The van der Waals surface area contributed by atoms with Crippen LogP contribution < -0.4 is 0 Å². The van der Waals surface area contributed by atoms with Gasteiger partial charge in [-0.1, -0.05) is 0 Å². The van der Waals surface area contributed by atoms with Crippen molar-refractivity contribution in [3.63, 3.8) is 0 Å². The van der Waals surface area contributed by atoms with Crippen LogP contribution in [0.25, 0.3) is 5.82 Å². The van der Waals surface area contributed by atoms with Gasteiger partial charge in [-0.05, 0) is 18.2 Å². The zero-order valence-electron chi connectivity index (χ0n) is 8.72. The highest BCUT2D eigenvalue weighted by Crippen LogP contribution is 2.27. The van der Waals surface area contributed by atoms with Crippen molar-refractivity contribution in [2.45, 2.75) is 6.18 Å². The summed E-state index contributed by atoms with van der Waals surface area (Å²) in [4.78, 5) is 14.6. The highest BCUT2D eigenvalue weighted by Gasteiger charge is 2.34. The Balaban J connectivity index is 2.50. The van der Waals surface area contributed by atoms with Gasteiger partial charge in [-0.3, -0.25) is 0 Å². The number of hydrogen-bond acceptors (Lipinski definition) is 3. The summed E-state index contributed by atoms with van der Waals surface area (Å²) < 4.78 is 37.9. The summed E-state index contributed by atoms with van der Waals surface area (Å²) in [5.41, 5.74) is -1.33. The molecule has 0 bridgehead atoms. The highest BCUT2D eigenvalue weighted by atomic mass is 19.4. The van der Waals surface area contributed by atoms with Crippen LogP contribution in [0.1, 0.15) is 16.1 Å². The molecule has 0 fully saturated rings. The molecule has 0 saturated heterocycles. The van der Waals surface area contributed by atoms with Gasteiger partial charge in [0.25, 0.3) is 0 Å². The van der Waals surface area contributed by atoms with Gasteiger partial charge >= 0.3 is 12.1 Å². The molecule has 8 heteroatoms. The molecule has 0 atom stereocenters. The second-order valence-electron chi connectivity index (χ2n) is 3.32. The van der Waals surface area contributed by atoms with Crippen LogP contribution in [0.5, 0.6) is 0 Å². The molecule has 0 saturated carbocycles. The maximum Gasteiger partial charge on any atom is 0.435 e. The summed E-state index contributed by atoms with van der Waals surface area (Å²) in [5, 5.41) is 12.2. The Morgan fingerprint density at radius 1 is 1.33 bits per heavy atom. The van der Waals surface area contributed by atoms with E-state index in [1.165, 1.54) is 18.3 Å². The molecule has 0 aliphatic rings. The molecule has 18 heavy (non-hydrogen) atoms. The first-order valence-electron chi connectivity index (χ1n) is 4.71. The predicted molar refractivity (Wildman–Crippen MR) is 53.3 cm³/mol. The van der Waals surface area contributed by atoms with Gasteiger partial charge in [-0.15, -0.1) is 0 Å². The number of alkyl halides is 3. The van der Waals surface area contributed by atoms with Gasteiger partial charge in [0.05, 0.1) is 0 Å². The molecule has 5 nitrogen and oxygen atoms in total. The van der Waals surface area contributed by atoms with E-state index >= 15 is 0 Å². The van der Waals surface area contributed by atoms with Crippen LogP contribution in [-0.4, -0.2) is 25.8 Å². The number of hydrogen-bond donors (Lipinski definition) is 1. The van der Waals surface area contributed by atoms with E-state index in [9.17, 15) is 18.0 Å². The maximum absolute atomic E-state index is 12.4. The molecule has 0 radical (unpaired) electrons. The van der Waals surface area contributed by atoms with Crippen LogP contribution in [0.3, 0.4) is 0 Å². The second kappa shape index (κ2) is 4.13. The van der Waals surface area contributed by atoms with Crippen LogP contribution in [0.4, 0.5) is 13.2 Å². The quantitative estimate of drug-likeness (QED) is 0.893. The molecule has 2 aromatic heterocycles. The number of carboxylic acids is 1. The third-order valence-electron chi connectivity index (χ3n) is 2.11. The lowest BCUT2D eigenvalue weighted by Crippen LogP contribution is -2.10. The Kier molecular flexibility index (Phi) is 2.77. The average Bonchev–Trinajstić information content (AvgIpc) is 2.77. The minimum atomic E-state index is -4.58. The third kappa shape index (κ3) is 2.17. The second-order valence-corrected chi connectivity index (χ2v) is 3.32. The first-order valence-corrected chi connectivity index (χ1v) is 4.71. The van der Waals surface area contributed by atoms with E-state index in [-0.39, 0.29) is 11.4 Å². The number of rotatable bonds is 2. The van der Waals surface area contributed by atoms with Crippen molar-refractivity contribution in [2.75, 3.05) is 0 Å². The summed E-state index contributed by atoms with van der Waals surface area (Å²) >= 11 is 0. The normalized spacial score (nSPS) is 11.5. The number of halogens is 3. The smallest absolute Gasteiger partial charge is 0.435 e. The Bertz CT molecular complexity index is 592. The number of pyridine rings is 1. The Hall–Kier alpha value is -2.38. The fourth-order valence-electron chi connectivity index (χ4n) is 1.34. The van der Waals surface area contributed by atoms with E-state index in [1.54, 1.807) is 0 Å². The summed E-state index contributed by atoms with van der Waals surface area (Å²) in [6.45, 7) is 0. The van der Waals surface area contributed by atoms with Gasteiger partial charge in [0.15, 0.2) is 11.5 Å². The largest absolute Gasteiger partial charge is 0.478 e. The lowest BCUT2D eigenvalue weighted by atomic mass is 10.2. The van der Waals surface area contributed by atoms with Gasteiger partial charge < -0.3 is 5.11 Å². The van der Waals surface area contributed by atoms with Crippen LogP contribution in [0.15, 0.2) is 30.6 Å². The number of carboxylic acid groups (broad SMARTS) is 1. The molecule has 0 aliphatic carbocycles. The fourth-order valence-corrected chi connectivity index (χ4v) is 1.34. The third-order valence-corrected chi connectivity index (χ3v) is 2.11. The summed E-state index contributed by atoms with van der Waals surface area (Å²) in [6, 6.07) is 3.36. The number of aromatic carboxylic acids is 1. The van der Waals surface area contributed by atoms with Crippen LogP contribution >= 0.6 is 0 Å². The fraction of sp³-hybridized carbons (Fsp3) is 0.100. The maximum atomic E-state index is 12.4. The Labute approximate surface area is 98.5 Å². The van der Waals surface area contributed by atoms with Crippen molar-refractivity contribution < 1.29 is 23.1 Å². The molecule has 2 heterocycles. The first kappa shape index (κ1) is 12.1. The van der Waals surface area contributed by atoms with Gasteiger partial charge in [0, 0.05) is 12.4 Å². The van der Waals surface area contributed by atoms with Crippen LogP contribution in [-0.2, 0) is 6.18 Å². The molecule has 0 aliphatic heterocycles. The molecular weight excluding hydrogens is 251 g/mol. The minimum Gasteiger partial charge on any atom is -0.478 e. The van der Waals surface area contributed by atoms with E-state index in [4.69, 9.17) is 5.11 Å². The molecule has 0 amide bonds. The van der Waals surface area contributed by atoms with Crippen molar-refractivity contribution in [1.29, 1.82) is 0 Å². The predicted octanol–water partition coefficient (Wildman–Crippen LogP) is 1.98. The Morgan fingerprint density at radius 2 is 2.06 bits per heavy atom. The zero-order chi connectivity index (χ0) is 13.3. The van der Waals surface area contributed by atoms with Gasteiger partial charge in [-0.2, -0.15) is 18.3 Å². The van der Waals surface area contributed by atoms with E-state index < -0.39 is 17.8 Å². The molecule has 1 N–H and O–H groups in total. The van der Waals surface area contributed by atoms with E-state index in [0.717, 1.165) is 16.9 Å². The highest BCUT2D eigenvalue weighted by molar-refractivity contribution is 5.90. The Morgan fingerprint density at radius 3 is 2.61 bits per heavy atom. The lowest BCUT2D eigenvalue weighted by Gasteiger charge is -2.04. The summed E-state index contributed by atoms with van der Waals surface area (Å²) in [6.07, 6.45) is -2.29. The zero-order valence-corrected chi connectivity index (χ0v) is 8.72. The molecular formula is C10H6F3N3O2. The molecule has 2 rings (SSSR count). The molecule has 0 aromatic carbocycles. The lowest BCUT2D eigenvalue weighted by molar-refractivity contribution is -0.141. The van der Waals surface area contributed by atoms with Crippen molar-refractivity contribution in [3.8, 4) is 5.82 Å². The van der Waals surface area contributed by atoms with Gasteiger partial charge in [0.2, 0.25) is 0 Å². The van der Waals surface area contributed by atoms with Crippen LogP contribution in [0.2, 0.25) is 0 Å². The number of carbonyl (C=O) groups is 1. The molecule has 94 valence electrons. The van der Waals surface area contributed by atoms with Gasteiger partial charge in [0.1, 0.15) is 5.56 Å². The minimum absolute atomic E-state index is 0.166. The molecule has 2 aromatic rings. The SMILES string of the molecule is O=C(O)c1cccnc1-n1ccc(C(F)(F)F)n1. The van der Waals surface area contributed by atoms with Gasteiger partial charge in [-0.25, -0.2) is 14.5 Å². The van der Waals surface area contributed by atoms with Crippen molar-refractivity contribution >= 4 is 5.97 Å². The number of aromatic nitrogens is 3. The van der Waals surface area contributed by atoms with Crippen molar-refractivity contribution in [2.24, 2.45) is 0 Å².